The van der Waals surface area contributed by atoms with Gasteiger partial charge in [0, 0.05) is 18.1 Å². The minimum atomic E-state index is 0.0633. The smallest absolute Gasteiger partial charge is 0.236 e. The fourth-order valence-corrected chi connectivity index (χ4v) is 1.51. The molecule has 0 atom stereocenters. The Balaban J connectivity index is 2.24. The topological polar surface area (TPSA) is 41.6 Å². The summed E-state index contributed by atoms with van der Waals surface area (Å²) in [5, 5.41) is 3.77. The first kappa shape index (κ1) is 15.8. The Morgan fingerprint density at radius 2 is 2.00 bits per heavy atom. The van der Waals surface area contributed by atoms with E-state index in [0.29, 0.717) is 30.8 Å². The molecule has 1 aromatic rings. The van der Waals surface area contributed by atoms with Gasteiger partial charge in [-0.1, -0.05) is 25.4 Å². The van der Waals surface area contributed by atoms with Crippen LogP contribution in [0.1, 0.15) is 13.8 Å². The van der Waals surface area contributed by atoms with Crippen molar-refractivity contribution in [3.8, 4) is 5.75 Å². The molecule has 0 heterocycles. The predicted molar refractivity (Wildman–Crippen MR) is 77.7 cm³/mol. The molecule has 1 amide bonds. The molecule has 19 heavy (non-hydrogen) atoms. The molecule has 0 radical (unpaired) electrons. The van der Waals surface area contributed by atoms with E-state index in [0.717, 1.165) is 5.75 Å². The third-order valence-electron chi connectivity index (χ3n) is 2.60. The number of hydrogen-bond donors (Lipinski definition) is 1. The number of nitrogens with zero attached hydrogens (tertiary/aromatic N) is 1. The van der Waals surface area contributed by atoms with Gasteiger partial charge in [-0.25, -0.2) is 0 Å². The van der Waals surface area contributed by atoms with Crippen LogP contribution in [0, 0.1) is 0 Å². The van der Waals surface area contributed by atoms with Crippen molar-refractivity contribution in [1.82, 2.24) is 10.2 Å². The second-order valence-corrected chi connectivity index (χ2v) is 5.09. The Hall–Kier alpha value is -1.26. The number of amides is 1. The Morgan fingerprint density at radius 1 is 1.37 bits per heavy atom. The monoisotopic (exact) mass is 284 g/mol. The third-order valence-corrected chi connectivity index (χ3v) is 2.85. The number of benzene rings is 1. The summed E-state index contributed by atoms with van der Waals surface area (Å²) in [4.78, 5) is 13.4. The van der Waals surface area contributed by atoms with Gasteiger partial charge in [0.05, 0.1) is 13.1 Å². The lowest BCUT2D eigenvalue weighted by molar-refractivity contribution is -0.129. The van der Waals surface area contributed by atoms with Gasteiger partial charge in [0.25, 0.3) is 0 Å². The van der Waals surface area contributed by atoms with Crippen molar-refractivity contribution in [3.63, 3.8) is 0 Å². The van der Waals surface area contributed by atoms with Crippen LogP contribution in [-0.2, 0) is 4.79 Å². The molecule has 0 bridgehead atoms. The molecule has 0 saturated carbocycles. The van der Waals surface area contributed by atoms with E-state index in [1.165, 1.54) is 0 Å². The van der Waals surface area contributed by atoms with Crippen molar-refractivity contribution in [2.45, 2.75) is 19.9 Å². The SMILES string of the molecule is CC(C)NCC(=O)N(C)CCOc1ccc(Cl)cc1. The maximum Gasteiger partial charge on any atom is 0.236 e. The molecular weight excluding hydrogens is 264 g/mol. The molecule has 0 saturated heterocycles. The molecule has 0 fully saturated rings. The summed E-state index contributed by atoms with van der Waals surface area (Å²) in [5.74, 6) is 0.818. The number of carbonyl (C=O) groups excluding carboxylic acids is 1. The van der Waals surface area contributed by atoms with E-state index in [9.17, 15) is 4.79 Å². The number of carbonyl (C=O) groups is 1. The normalized spacial score (nSPS) is 10.6. The van der Waals surface area contributed by atoms with Gasteiger partial charge in [0.15, 0.2) is 0 Å². The lowest BCUT2D eigenvalue weighted by Gasteiger charge is -2.18. The first-order chi connectivity index (χ1) is 8.99. The number of hydrogen-bond acceptors (Lipinski definition) is 3. The third kappa shape index (κ3) is 6.45. The summed E-state index contributed by atoms with van der Waals surface area (Å²) < 4.78 is 5.53. The molecule has 1 N–H and O–H groups in total. The average molecular weight is 285 g/mol. The molecule has 5 heteroatoms. The summed E-state index contributed by atoms with van der Waals surface area (Å²) in [7, 11) is 1.77. The number of ether oxygens (including phenoxy) is 1. The number of halogens is 1. The van der Waals surface area contributed by atoms with Crippen LogP contribution < -0.4 is 10.1 Å². The van der Waals surface area contributed by atoms with Crippen molar-refractivity contribution in [2.75, 3.05) is 26.7 Å². The summed E-state index contributed by atoms with van der Waals surface area (Å²) in [6.07, 6.45) is 0. The van der Waals surface area contributed by atoms with Crippen LogP contribution in [0.3, 0.4) is 0 Å². The first-order valence-electron chi connectivity index (χ1n) is 6.34. The summed E-state index contributed by atoms with van der Waals surface area (Å²) in [6.45, 7) is 5.40. The Labute approximate surface area is 119 Å². The van der Waals surface area contributed by atoms with Crippen LogP contribution >= 0.6 is 11.6 Å². The zero-order chi connectivity index (χ0) is 14.3. The number of likely N-dealkylation sites (N-methyl/N-ethyl adjacent to an activating group) is 1. The molecule has 0 aliphatic carbocycles. The van der Waals surface area contributed by atoms with Gasteiger partial charge in [-0.05, 0) is 24.3 Å². The van der Waals surface area contributed by atoms with Crippen molar-refractivity contribution >= 4 is 17.5 Å². The molecule has 106 valence electrons. The highest BCUT2D eigenvalue weighted by atomic mass is 35.5. The van der Waals surface area contributed by atoms with Gasteiger partial charge in [0.1, 0.15) is 12.4 Å². The highest BCUT2D eigenvalue weighted by Gasteiger charge is 2.08. The maximum absolute atomic E-state index is 11.7. The molecule has 0 aliphatic heterocycles. The van der Waals surface area contributed by atoms with Crippen molar-refractivity contribution in [3.05, 3.63) is 29.3 Å². The summed E-state index contributed by atoms with van der Waals surface area (Å²) in [6, 6.07) is 7.48. The molecule has 0 spiro atoms. The van der Waals surface area contributed by atoms with Gasteiger partial charge >= 0.3 is 0 Å². The zero-order valence-corrected chi connectivity index (χ0v) is 12.4. The van der Waals surface area contributed by atoms with Gasteiger partial charge in [-0.2, -0.15) is 0 Å². The Morgan fingerprint density at radius 3 is 2.58 bits per heavy atom. The molecule has 1 rings (SSSR count). The van der Waals surface area contributed by atoms with Crippen LogP contribution in [0.5, 0.6) is 5.75 Å². The van der Waals surface area contributed by atoms with E-state index >= 15 is 0 Å². The van der Waals surface area contributed by atoms with Crippen molar-refractivity contribution < 1.29 is 9.53 Å². The Kier molecular flexibility index (Phi) is 6.67. The molecule has 0 aromatic heterocycles. The highest BCUT2D eigenvalue weighted by Crippen LogP contribution is 2.15. The largest absolute Gasteiger partial charge is 0.492 e. The van der Waals surface area contributed by atoms with Crippen molar-refractivity contribution in [1.29, 1.82) is 0 Å². The minimum Gasteiger partial charge on any atom is -0.492 e. The van der Waals surface area contributed by atoms with Crippen LogP contribution in [0.4, 0.5) is 0 Å². The van der Waals surface area contributed by atoms with E-state index in [4.69, 9.17) is 16.3 Å². The van der Waals surface area contributed by atoms with E-state index in [1.807, 2.05) is 26.0 Å². The van der Waals surface area contributed by atoms with Crippen LogP contribution in [-0.4, -0.2) is 43.6 Å². The lowest BCUT2D eigenvalue weighted by atomic mass is 10.3. The molecule has 0 unspecified atom stereocenters. The molecule has 1 aromatic carbocycles. The fourth-order valence-electron chi connectivity index (χ4n) is 1.38. The second-order valence-electron chi connectivity index (χ2n) is 4.65. The van der Waals surface area contributed by atoms with Gasteiger partial charge in [0.2, 0.25) is 5.91 Å². The van der Waals surface area contributed by atoms with E-state index in [2.05, 4.69) is 5.32 Å². The number of rotatable bonds is 7. The number of nitrogens with one attached hydrogen (secondary N) is 1. The molecule has 0 aliphatic rings. The van der Waals surface area contributed by atoms with Crippen LogP contribution in [0.15, 0.2) is 24.3 Å². The highest BCUT2D eigenvalue weighted by molar-refractivity contribution is 6.30. The van der Waals surface area contributed by atoms with Crippen LogP contribution in [0.2, 0.25) is 5.02 Å². The summed E-state index contributed by atoms with van der Waals surface area (Å²) >= 11 is 5.78. The standard InChI is InChI=1S/C14H21ClN2O2/c1-11(2)16-10-14(18)17(3)8-9-19-13-6-4-12(15)5-7-13/h4-7,11,16H,8-10H2,1-3H3. The van der Waals surface area contributed by atoms with E-state index in [1.54, 1.807) is 24.1 Å². The fraction of sp³-hybridized carbons (Fsp3) is 0.500. The average Bonchev–Trinajstić information content (AvgIpc) is 2.38. The van der Waals surface area contributed by atoms with Gasteiger partial charge in [-0.15, -0.1) is 0 Å². The molecular formula is C14H21ClN2O2. The molecule has 4 nitrogen and oxygen atoms in total. The first-order valence-corrected chi connectivity index (χ1v) is 6.72. The van der Waals surface area contributed by atoms with Crippen LogP contribution in [0.25, 0.3) is 0 Å². The zero-order valence-electron chi connectivity index (χ0n) is 11.6. The van der Waals surface area contributed by atoms with E-state index < -0.39 is 0 Å². The van der Waals surface area contributed by atoms with Crippen molar-refractivity contribution in [2.24, 2.45) is 0 Å². The quantitative estimate of drug-likeness (QED) is 0.834. The minimum absolute atomic E-state index is 0.0633. The van der Waals surface area contributed by atoms with Gasteiger partial charge < -0.3 is 15.0 Å². The summed E-state index contributed by atoms with van der Waals surface area (Å²) in [5.41, 5.74) is 0. The van der Waals surface area contributed by atoms with Gasteiger partial charge in [-0.3, -0.25) is 4.79 Å². The second kappa shape index (κ2) is 8.02. The van der Waals surface area contributed by atoms with E-state index in [-0.39, 0.29) is 5.91 Å². The lowest BCUT2D eigenvalue weighted by Crippen LogP contribution is -2.39. The predicted octanol–water partition coefficient (Wildman–Crippen LogP) is 2.18. The Bertz CT molecular complexity index is 393. The maximum atomic E-state index is 11.7.